The summed E-state index contributed by atoms with van der Waals surface area (Å²) in [4.78, 5) is 18.1. The predicted molar refractivity (Wildman–Crippen MR) is 65.4 cm³/mol. The van der Waals surface area contributed by atoms with E-state index in [4.69, 9.17) is 4.84 Å². The van der Waals surface area contributed by atoms with Crippen LogP contribution in [-0.2, 0) is 4.84 Å². The maximum absolute atomic E-state index is 11.6. The van der Waals surface area contributed by atoms with Gasteiger partial charge in [-0.1, -0.05) is 26.2 Å². The lowest BCUT2D eigenvalue weighted by atomic mass is 10.1. The van der Waals surface area contributed by atoms with Crippen molar-refractivity contribution >= 4 is 6.09 Å². The standard InChI is InChI=1S/C12H24N2O3/c1-2-3-4-5-8-13-17-12(16)14-9-6-11(15)7-10-14/h11,13,15H,2-10H2,1H3. The Morgan fingerprint density at radius 3 is 2.71 bits per heavy atom. The van der Waals surface area contributed by atoms with E-state index in [0.717, 1.165) is 12.8 Å². The fourth-order valence-electron chi connectivity index (χ4n) is 1.85. The molecule has 1 heterocycles. The zero-order valence-electron chi connectivity index (χ0n) is 10.7. The average Bonchev–Trinajstić information content (AvgIpc) is 2.34. The highest BCUT2D eigenvalue weighted by Crippen LogP contribution is 2.10. The molecule has 0 spiro atoms. The Kier molecular flexibility index (Phi) is 6.96. The van der Waals surface area contributed by atoms with E-state index in [1.807, 2.05) is 0 Å². The zero-order chi connectivity index (χ0) is 12.5. The van der Waals surface area contributed by atoms with Crippen molar-refractivity contribution in [1.82, 2.24) is 10.4 Å². The van der Waals surface area contributed by atoms with Crippen molar-refractivity contribution < 1.29 is 14.7 Å². The first-order valence-corrected chi connectivity index (χ1v) is 6.60. The van der Waals surface area contributed by atoms with Gasteiger partial charge in [-0.3, -0.25) is 0 Å². The molecule has 17 heavy (non-hydrogen) atoms. The predicted octanol–water partition coefficient (Wildman–Crippen LogP) is 1.66. The van der Waals surface area contributed by atoms with E-state index in [1.54, 1.807) is 4.90 Å². The molecule has 1 rings (SSSR count). The molecule has 0 atom stereocenters. The third-order valence-corrected chi connectivity index (χ3v) is 3.01. The largest absolute Gasteiger partial charge is 0.428 e. The molecular weight excluding hydrogens is 220 g/mol. The second kappa shape index (κ2) is 8.31. The minimum absolute atomic E-state index is 0.263. The molecule has 0 aromatic heterocycles. The summed E-state index contributed by atoms with van der Waals surface area (Å²) in [6.45, 7) is 4.04. The monoisotopic (exact) mass is 244 g/mol. The number of rotatable bonds is 6. The third kappa shape index (κ3) is 5.89. The number of unbranched alkanes of at least 4 members (excludes halogenated alkanes) is 3. The number of hydrogen-bond donors (Lipinski definition) is 2. The van der Waals surface area contributed by atoms with Crippen LogP contribution in [0.3, 0.4) is 0 Å². The summed E-state index contributed by atoms with van der Waals surface area (Å²) in [7, 11) is 0. The number of carbonyl (C=O) groups excluding carboxylic acids is 1. The molecule has 1 aliphatic heterocycles. The number of piperidine rings is 1. The molecule has 0 aliphatic carbocycles. The molecule has 5 nitrogen and oxygen atoms in total. The normalized spacial score (nSPS) is 17.2. The number of nitrogens with one attached hydrogen (secondary N) is 1. The van der Waals surface area contributed by atoms with Gasteiger partial charge >= 0.3 is 6.09 Å². The number of nitrogens with zero attached hydrogens (tertiary/aromatic N) is 1. The molecule has 0 radical (unpaired) electrons. The van der Waals surface area contributed by atoms with Gasteiger partial charge in [0.25, 0.3) is 0 Å². The molecule has 0 unspecified atom stereocenters. The Bertz CT molecular complexity index is 216. The summed E-state index contributed by atoms with van der Waals surface area (Å²) in [6, 6.07) is 0. The van der Waals surface area contributed by atoms with Crippen LogP contribution in [-0.4, -0.2) is 41.8 Å². The van der Waals surface area contributed by atoms with E-state index < -0.39 is 0 Å². The van der Waals surface area contributed by atoms with Crippen molar-refractivity contribution in [2.45, 2.75) is 51.6 Å². The van der Waals surface area contributed by atoms with Crippen molar-refractivity contribution in [2.75, 3.05) is 19.6 Å². The van der Waals surface area contributed by atoms with Crippen LogP contribution in [0.5, 0.6) is 0 Å². The van der Waals surface area contributed by atoms with Crippen molar-refractivity contribution in [3.8, 4) is 0 Å². The van der Waals surface area contributed by atoms with Crippen LogP contribution < -0.4 is 5.48 Å². The molecule has 0 aromatic rings. The fraction of sp³-hybridized carbons (Fsp3) is 0.917. The Balaban J connectivity index is 2.01. The second-order valence-electron chi connectivity index (χ2n) is 4.54. The maximum Gasteiger partial charge on any atom is 0.428 e. The number of aliphatic hydroxyl groups is 1. The molecule has 5 heteroatoms. The highest BCUT2D eigenvalue weighted by Gasteiger charge is 2.22. The summed E-state index contributed by atoms with van der Waals surface area (Å²) in [5.41, 5.74) is 2.70. The molecule has 1 fully saturated rings. The molecule has 0 aromatic carbocycles. The molecule has 1 saturated heterocycles. The molecule has 1 amide bonds. The first kappa shape index (κ1) is 14.3. The molecule has 100 valence electrons. The van der Waals surface area contributed by atoms with Crippen LogP contribution in [0, 0.1) is 0 Å². The van der Waals surface area contributed by atoms with Crippen molar-refractivity contribution in [3.05, 3.63) is 0 Å². The molecule has 2 N–H and O–H groups in total. The lowest BCUT2D eigenvalue weighted by Gasteiger charge is -2.28. The van der Waals surface area contributed by atoms with Gasteiger partial charge in [0.2, 0.25) is 0 Å². The SMILES string of the molecule is CCCCCCNOC(=O)N1CCC(O)CC1. The lowest BCUT2D eigenvalue weighted by molar-refractivity contribution is 0.0313. The minimum atomic E-state index is -0.326. The van der Waals surface area contributed by atoms with Gasteiger partial charge in [0.1, 0.15) is 0 Å². The van der Waals surface area contributed by atoms with E-state index in [2.05, 4.69) is 12.4 Å². The van der Waals surface area contributed by atoms with E-state index in [-0.39, 0.29) is 12.2 Å². The molecule has 0 bridgehead atoms. The van der Waals surface area contributed by atoms with Crippen LogP contribution >= 0.6 is 0 Å². The van der Waals surface area contributed by atoms with E-state index in [1.165, 1.54) is 12.8 Å². The number of amides is 1. The number of hydrogen-bond acceptors (Lipinski definition) is 4. The van der Waals surface area contributed by atoms with Crippen LogP contribution in [0.2, 0.25) is 0 Å². The molecule has 1 aliphatic rings. The third-order valence-electron chi connectivity index (χ3n) is 3.01. The van der Waals surface area contributed by atoms with Gasteiger partial charge in [-0.25, -0.2) is 4.79 Å². The van der Waals surface area contributed by atoms with Crippen LogP contribution in [0.4, 0.5) is 4.79 Å². The van der Waals surface area contributed by atoms with Gasteiger partial charge in [0.05, 0.1) is 6.10 Å². The average molecular weight is 244 g/mol. The van der Waals surface area contributed by atoms with Gasteiger partial charge in [0, 0.05) is 19.6 Å². The fourth-order valence-corrected chi connectivity index (χ4v) is 1.85. The topological polar surface area (TPSA) is 61.8 Å². The first-order valence-electron chi connectivity index (χ1n) is 6.60. The molecule has 0 saturated carbocycles. The summed E-state index contributed by atoms with van der Waals surface area (Å²) in [6.07, 6.45) is 5.32. The highest BCUT2D eigenvalue weighted by molar-refractivity contribution is 5.67. The van der Waals surface area contributed by atoms with Crippen molar-refractivity contribution in [3.63, 3.8) is 0 Å². The summed E-state index contributed by atoms with van der Waals surface area (Å²) in [5.74, 6) is 0. The van der Waals surface area contributed by atoms with Gasteiger partial charge in [-0.2, -0.15) is 5.48 Å². The Labute approximate surface area is 103 Å². The lowest BCUT2D eigenvalue weighted by Crippen LogP contribution is -2.42. The number of likely N-dealkylation sites (tertiary alicyclic amines) is 1. The minimum Gasteiger partial charge on any atom is -0.393 e. The Morgan fingerprint density at radius 1 is 1.35 bits per heavy atom. The highest BCUT2D eigenvalue weighted by atomic mass is 16.7. The zero-order valence-corrected chi connectivity index (χ0v) is 10.7. The summed E-state index contributed by atoms with van der Waals surface area (Å²) < 4.78 is 0. The summed E-state index contributed by atoms with van der Waals surface area (Å²) in [5, 5.41) is 9.31. The smallest absolute Gasteiger partial charge is 0.393 e. The molecular formula is C12H24N2O3. The van der Waals surface area contributed by atoms with Crippen LogP contribution in [0.15, 0.2) is 0 Å². The van der Waals surface area contributed by atoms with Crippen LogP contribution in [0.25, 0.3) is 0 Å². The first-order chi connectivity index (χ1) is 8.24. The number of aliphatic hydroxyl groups excluding tert-OH is 1. The van der Waals surface area contributed by atoms with Crippen molar-refractivity contribution in [2.24, 2.45) is 0 Å². The Hall–Kier alpha value is -0.810. The van der Waals surface area contributed by atoms with Gasteiger partial charge < -0.3 is 14.8 Å². The van der Waals surface area contributed by atoms with E-state index >= 15 is 0 Å². The Morgan fingerprint density at radius 2 is 2.06 bits per heavy atom. The van der Waals surface area contributed by atoms with E-state index in [0.29, 0.717) is 32.5 Å². The van der Waals surface area contributed by atoms with Crippen LogP contribution in [0.1, 0.15) is 45.4 Å². The maximum atomic E-state index is 11.6. The quantitative estimate of drug-likeness (QED) is 0.551. The van der Waals surface area contributed by atoms with E-state index in [9.17, 15) is 9.90 Å². The van der Waals surface area contributed by atoms with Gasteiger partial charge in [0.15, 0.2) is 0 Å². The summed E-state index contributed by atoms with van der Waals surface area (Å²) >= 11 is 0. The van der Waals surface area contributed by atoms with Crippen molar-refractivity contribution in [1.29, 1.82) is 0 Å². The van der Waals surface area contributed by atoms with Gasteiger partial charge in [-0.05, 0) is 19.3 Å². The van der Waals surface area contributed by atoms with Gasteiger partial charge in [-0.15, -0.1) is 0 Å². The number of carbonyl (C=O) groups is 1. The number of hydroxylamine groups is 1. The second-order valence-corrected chi connectivity index (χ2v) is 4.54.